The predicted octanol–water partition coefficient (Wildman–Crippen LogP) is 2.76. The summed E-state index contributed by atoms with van der Waals surface area (Å²) in [6.45, 7) is 4.18. The number of hydrogen-bond acceptors (Lipinski definition) is 4. The minimum Gasteiger partial charge on any atom is -0.367 e. The Bertz CT molecular complexity index is 1020. The Kier molecular flexibility index (Phi) is 4.06. The fourth-order valence-corrected chi connectivity index (χ4v) is 4.78. The van der Waals surface area contributed by atoms with Gasteiger partial charge in [0.15, 0.2) is 0 Å². The molecule has 0 bridgehead atoms. The van der Waals surface area contributed by atoms with Gasteiger partial charge in [-0.05, 0) is 44.2 Å². The Morgan fingerprint density at radius 3 is 2.22 bits per heavy atom. The van der Waals surface area contributed by atoms with Crippen LogP contribution >= 0.6 is 11.6 Å². The first-order valence-corrected chi connectivity index (χ1v) is 9.99. The van der Waals surface area contributed by atoms with Crippen molar-refractivity contribution in [3.8, 4) is 0 Å². The van der Waals surface area contributed by atoms with Gasteiger partial charge >= 0.3 is 0 Å². The van der Waals surface area contributed by atoms with E-state index in [1.165, 1.54) is 5.70 Å². The minimum absolute atomic E-state index is 0.266. The molecule has 5 rings (SSSR count). The number of rotatable bonds is 1. The Labute approximate surface area is 164 Å². The van der Waals surface area contributed by atoms with Gasteiger partial charge in [-0.2, -0.15) is 0 Å². The summed E-state index contributed by atoms with van der Waals surface area (Å²) in [5, 5.41) is 2.57. The molecule has 0 aromatic heterocycles. The van der Waals surface area contributed by atoms with Gasteiger partial charge in [0.25, 0.3) is 0 Å². The van der Waals surface area contributed by atoms with Crippen LogP contribution in [0.4, 0.5) is 0 Å². The van der Waals surface area contributed by atoms with Crippen molar-refractivity contribution in [1.29, 1.82) is 0 Å². The van der Waals surface area contributed by atoms with E-state index in [9.17, 15) is 0 Å². The summed E-state index contributed by atoms with van der Waals surface area (Å²) < 4.78 is 0. The first-order chi connectivity index (χ1) is 13.2. The van der Waals surface area contributed by atoms with Gasteiger partial charge in [0.1, 0.15) is 0 Å². The van der Waals surface area contributed by atoms with E-state index >= 15 is 0 Å². The zero-order chi connectivity index (χ0) is 18.4. The lowest BCUT2D eigenvalue weighted by Crippen LogP contribution is -2.45. The monoisotopic (exact) mass is 378 g/mol. The van der Waals surface area contributed by atoms with Gasteiger partial charge in [-0.15, -0.1) is 0 Å². The maximum absolute atomic E-state index is 6.69. The van der Waals surface area contributed by atoms with Crippen molar-refractivity contribution in [3.05, 3.63) is 81.4 Å². The number of nitrogens with zero attached hydrogens (tertiary/aromatic N) is 4. The van der Waals surface area contributed by atoms with Crippen molar-refractivity contribution in [2.45, 2.75) is 12.8 Å². The lowest BCUT2D eigenvalue weighted by Gasteiger charge is -2.42. The third kappa shape index (κ3) is 2.70. The highest BCUT2D eigenvalue weighted by Crippen LogP contribution is 2.52. The van der Waals surface area contributed by atoms with Crippen LogP contribution in [0.2, 0.25) is 0 Å². The van der Waals surface area contributed by atoms with E-state index in [4.69, 9.17) is 21.6 Å². The van der Waals surface area contributed by atoms with Crippen molar-refractivity contribution in [2.75, 3.05) is 33.2 Å². The predicted molar refractivity (Wildman–Crippen MR) is 108 cm³/mol. The smallest absolute Gasteiger partial charge is 0.0890 e. The molecule has 2 aliphatic heterocycles. The molecule has 27 heavy (non-hydrogen) atoms. The van der Waals surface area contributed by atoms with Crippen LogP contribution in [0.5, 0.6) is 0 Å². The fourth-order valence-electron chi connectivity index (χ4n) is 4.47. The Balaban J connectivity index is 1.78. The zero-order valence-electron chi connectivity index (χ0n) is 15.5. The van der Waals surface area contributed by atoms with Gasteiger partial charge < -0.3 is 9.80 Å². The van der Waals surface area contributed by atoms with Crippen molar-refractivity contribution in [1.82, 2.24) is 9.80 Å². The van der Waals surface area contributed by atoms with E-state index in [1.54, 1.807) is 0 Å². The molecule has 5 heteroatoms. The van der Waals surface area contributed by atoms with Crippen LogP contribution in [0.3, 0.4) is 0 Å². The summed E-state index contributed by atoms with van der Waals surface area (Å²) in [7, 11) is 2.19. The van der Waals surface area contributed by atoms with Crippen LogP contribution in [0.15, 0.2) is 80.7 Å². The van der Waals surface area contributed by atoms with Gasteiger partial charge in [0.2, 0.25) is 0 Å². The average Bonchev–Trinajstić information content (AvgIpc) is 2.84. The molecule has 1 unspecified atom stereocenters. The van der Waals surface area contributed by atoms with Crippen molar-refractivity contribution in [3.63, 3.8) is 0 Å². The topological polar surface area (TPSA) is 31.2 Å². The summed E-state index contributed by atoms with van der Waals surface area (Å²) in [6, 6.07) is 8.13. The molecule has 1 aromatic carbocycles. The van der Waals surface area contributed by atoms with Gasteiger partial charge in [-0.3, -0.25) is 0 Å². The normalized spacial score (nSPS) is 27.4. The van der Waals surface area contributed by atoms with Crippen molar-refractivity contribution >= 4 is 11.6 Å². The Morgan fingerprint density at radius 1 is 0.889 bits per heavy atom. The molecule has 0 radical (unpaired) electrons. The summed E-state index contributed by atoms with van der Waals surface area (Å²) in [5.41, 5.74) is 3.06. The number of allylic oxidation sites excluding steroid dienone is 5. The summed E-state index contributed by atoms with van der Waals surface area (Å²) in [6.07, 6.45) is 10.5. The number of fused-ring (bicyclic) bond motifs is 1. The zero-order valence-corrected chi connectivity index (χ0v) is 16.3. The molecule has 1 fully saturated rings. The number of likely N-dealkylation sites (N-methyl/N-ethyl adjacent to an activating group) is 1. The summed E-state index contributed by atoms with van der Waals surface area (Å²) >= 11 is 6.69. The number of piperazine rings is 1. The van der Waals surface area contributed by atoms with E-state index in [-0.39, 0.29) is 5.41 Å². The first kappa shape index (κ1) is 17.0. The molecule has 0 amide bonds. The lowest BCUT2D eigenvalue weighted by atomic mass is 9.70. The van der Waals surface area contributed by atoms with Crippen LogP contribution in [0.25, 0.3) is 0 Å². The van der Waals surface area contributed by atoms with Crippen LogP contribution in [-0.4, -0.2) is 43.0 Å². The molecular formula is C22H23ClN4. The quantitative estimate of drug-likeness (QED) is 0.752. The van der Waals surface area contributed by atoms with E-state index < -0.39 is 0 Å². The van der Waals surface area contributed by atoms with Crippen LogP contribution in [0.1, 0.15) is 12.8 Å². The minimum atomic E-state index is -0.266. The number of hydrogen-bond donors (Lipinski definition) is 0. The highest BCUT2D eigenvalue weighted by Gasteiger charge is 2.44. The van der Waals surface area contributed by atoms with Crippen molar-refractivity contribution in [2.24, 2.45) is 15.4 Å². The highest BCUT2D eigenvalue weighted by atomic mass is 35.5. The molecule has 0 N–H and O–H groups in total. The molecule has 138 valence electrons. The largest absolute Gasteiger partial charge is 0.367 e. The van der Waals surface area contributed by atoms with Gasteiger partial charge in [-0.1, -0.05) is 35.9 Å². The van der Waals surface area contributed by atoms with Gasteiger partial charge in [0, 0.05) is 26.2 Å². The van der Waals surface area contributed by atoms with Crippen LogP contribution in [-0.2, 0) is 0 Å². The molecule has 4 aliphatic rings. The Morgan fingerprint density at radius 2 is 1.52 bits per heavy atom. The molecule has 4 nitrogen and oxygen atoms in total. The molecule has 1 aromatic rings. The second-order valence-corrected chi connectivity index (χ2v) is 8.14. The standard InChI is InChI=1S/C22H23ClN4/c1-26-12-14-27(15-13-26)19-9-5-11-22-10-4-6-16(23)20(22)24-17-7-2-3-8-18(17)25-21(19)22/h2-9H,10-15H2,1H3. The molecule has 0 saturated carbocycles. The number of benzene rings is 1. The van der Waals surface area contributed by atoms with E-state index in [1.807, 2.05) is 24.3 Å². The summed E-state index contributed by atoms with van der Waals surface area (Å²) in [5.74, 6) is 0. The number of halogens is 1. The molecule has 1 saturated heterocycles. The van der Waals surface area contributed by atoms with Crippen LogP contribution < -0.4 is 10.7 Å². The summed E-state index contributed by atoms with van der Waals surface area (Å²) in [4.78, 5) is 15.1. The second-order valence-electron chi connectivity index (χ2n) is 7.73. The SMILES string of the molecule is CN1CCN(C2=C3N=c4ccccc4=NC4=C(Cl)C=CCC43CC=C2)CC1. The van der Waals surface area contributed by atoms with E-state index in [2.05, 4.69) is 41.1 Å². The molecular weight excluding hydrogens is 356 g/mol. The molecule has 2 heterocycles. The van der Waals surface area contributed by atoms with Gasteiger partial charge in [-0.25, -0.2) is 9.98 Å². The second kappa shape index (κ2) is 6.47. The van der Waals surface area contributed by atoms with Gasteiger partial charge in [0.05, 0.1) is 38.3 Å². The lowest BCUT2D eigenvalue weighted by molar-refractivity contribution is 0.185. The molecule has 2 aliphatic carbocycles. The first-order valence-electron chi connectivity index (χ1n) is 9.61. The Hall–Kier alpha value is -2.17. The molecule has 1 spiro atoms. The van der Waals surface area contributed by atoms with Crippen LogP contribution in [0, 0.1) is 5.41 Å². The number of para-hydroxylation sites is 2. The van der Waals surface area contributed by atoms with Crippen molar-refractivity contribution < 1.29 is 0 Å². The van der Waals surface area contributed by atoms with E-state index in [0.717, 1.165) is 66.2 Å². The highest BCUT2D eigenvalue weighted by molar-refractivity contribution is 6.31. The third-order valence-corrected chi connectivity index (χ3v) is 6.34. The average molecular weight is 379 g/mol. The maximum Gasteiger partial charge on any atom is 0.0890 e. The molecule has 1 atom stereocenters. The van der Waals surface area contributed by atoms with E-state index in [0.29, 0.717) is 0 Å². The fraction of sp³-hybridized carbons (Fsp3) is 0.364. The third-order valence-electron chi connectivity index (χ3n) is 6.04. The maximum atomic E-state index is 6.69.